The molecule has 0 saturated carbocycles. The normalized spacial score (nSPS) is 10.7. The summed E-state index contributed by atoms with van der Waals surface area (Å²) in [6, 6.07) is 12.9. The Kier molecular flexibility index (Phi) is 5.73. The third-order valence-corrected chi connectivity index (χ3v) is 4.89. The SMILES string of the molecule is COc1c(Cl)cc(C(=O)NCc2c(C)nn(-c3ccccc3)c2C)cc1Cl. The number of hydrogen-bond donors (Lipinski definition) is 1. The molecule has 0 radical (unpaired) electrons. The van der Waals surface area contributed by atoms with Crippen molar-refractivity contribution >= 4 is 29.1 Å². The standard InChI is InChI=1S/C20H19Cl2N3O2/c1-12-16(13(2)25(24-12)15-7-5-4-6-8-15)11-23-20(26)14-9-17(21)19(27-3)18(22)10-14/h4-10H,11H2,1-3H3,(H,23,26). The van der Waals surface area contributed by atoms with Crippen molar-refractivity contribution < 1.29 is 9.53 Å². The summed E-state index contributed by atoms with van der Waals surface area (Å²) in [4.78, 5) is 12.5. The molecule has 0 saturated heterocycles. The molecule has 0 unspecified atom stereocenters. The largest absolute Gasteiger partial charge is 0.494 e. The van der Waals surface area contributed by atoms with Gasteiger partial charge in [0, 0.05) is 23.4 Å². The van der Waals surface area contributed by atoms with Gasteiger partial charge in [0.2, 0.25) is 0 Å². The molecule has 3 aromatic rings. The number of nitrogens with one attached hydrogen (secondary N) is 1. The van der Waals surface area contributed by atoms with Crippen LogP contribution in [0.5, 0.6) is 5.75 Å². The summed E-state index contributed by atoms with van der Waals surface area (Å²) in [6.45, 7) is 4.26. The van der Waals surface area contributed by atoms with Crippen LogP contribution in [0.4, 0.5) is 0 Å². The Morgan fingerprint density at radius 1 is 1.15 bits per heavy atom. The van der Waals surface area contributed by atoms with Crippen molar-refractivity contribution in [3.05, 3.63) is 75.0 Å². The zero-order chi connectivity index (χ0) is 19.6. The number of benzene rings is 2. The van der Waals surface area contributed by atoms with Crippen molar-refractivity contribution in [3.8, 4) is 11.4 Å². The van der Waals surface area contributed by atoms with E-state index in [1.807, 2.05) is 48.9 Å². The van der Waals surface area contributed by atoms with E-state index in [9.17, 15) is 4.79 Å². The molecule has 3 rings (SSSR count). The first-order valence-corrected chi connectivity index (χ1v) is 9.09. The van der Waals surface area contributed by atoms with Gasteiger partial charge in [-0.05, 0) is 38.1 Å². The maximum absolute atomic E-state index is 12.5. The quantitative estimate of drug-likeness (QED) is 0.669. The van der Waals surface area contributed by atoms with Gasteiger partial charge in [-0.25, -0.2) is 4.68 Å². The van der Waals surface area contributed by atoms with E-state index in [2.05, 4.69) is 10.4 Å². The fraction of sp³-hybridized carbons (Fsp3) is 0.200. The van der Waals surface area contributed by atoms with Gasteiger partial charge >= 0.3 is 0 Å². The maximum Gasteiger partial charge on any atom is 0.251 e. The fourth-order valence-corrected chi connectivity index (χ4v) is 3.55. The predicted molar refractivity (Wildman–Crippen MR) is 107 cm³/mol. The molecule has 1 N–H and O–H groups in total. The number of para-hydroxylation sites is 1. The summed E-state index contributed by atoms with van der Waals surface area (Å²) < 4.78 is 6.98. The smallest absolute Gasteiger partial charge is 0.251 e. The Morgan fingerprint density at radius 3 is 2.37 bits per heavy atom. The summed E-state index contributed by atoms with van der Waals surface area (Å²) in [5.74, 6) is 0.0819. The lowest BCUT2D eigenvalue weighted by Gasteiger charge is -2.10. The molecule has 0 aliphatic carbocycles. The Hall–Kier alpha value is -2.50. The van der Waals surface area contributed by atoms with Crippen molar-refractivity contribution in [2.75, 3.05) is 7.11 Å². The molecule has 1 aromatic heterocycles. The van der Waals surface area contributed by atoms with Crippen LogP contribution in [0.15, 0.2) is 42.5 Å². The Morgan fingerprint density at radius 2 is 1.78 bits per heavy atom. The van der Waals surface area contributed by atoms with Crippen LogP contribution in [0.25, 0.3) is 5.69 Å². The van der Waals surface area contributed by atoms with Crippen molar-refractivity contribution in [1.82, 2.24) is 15.1 Å². The second-order valence-corrected chi connectivity index (χ2v) is 6.87. The van der Waals surface area contributed by atoms with Gasteiger partial charge in [0.15, 0.2) is 5.75 Å². The minimum Gasteiger partial charge on any atom is -0.494 e. The van der Waals surface area contributed by atoms with E-state index in [1.54, 1.807) is 0 Å². The topological polar surface area (TPSA) is 56.1 Å². The molecule has 5 nitrogen and oxygen atoms in total. The van der Waals surface area contributed by atoms with Crippen LogP contribution in [-0.4, -0.2) is 22.8 Å². The van der Waals surface area contributed by atoms with E-state index >= 15 is 0 Å². The molecule has 0 aliphatic heterocycles. The van der Waals surface area contributed by atoms with Gasteiger partial charge in [-0.2, -0.15) is 5.10 Å². The van der Waals surface area contributed by atoms with Crippen LogP contribution < -0.4 is 10.1 Å². The number of nitrogens with zero attached hydrogens (tertiary/aromatic N) is 2. The van der Waals surface area contributed by atoms with Gasteiger partial charge in [-0.3, -0.25) is 4.79 Å². The van der Waals surface area contributed by atoms with Crippen molar-refractivity contribution in [1.29, 1.82) is 0 Å². The minimum absolute atomic E-state index is 0.271. The second-order valence-electron chi connectivity index (χ2n) is 6.05. The zero-order valence-corrected chi connectivity index (χ0v) is 16.7. The van der Waals surface area contributed by atoms with Crippen molar-refractivity contribution in [2.45, 2.75) is 20.4 Å². The summed E-state index contributed by atoms with van der Waals surface area (Å²) in [6.07, 6.45) is 0. The summed E-state index contributed by atoms with van der Waals surface area (Å²) >= 11 is 12.2. The van der Waals surface area contributed by atoms with Gasteiger partial charge in [-0.1, -0.05) is 41.4 Å². The third kappa shape index (κ3) is 3.94. The van der Waals surface area contributed by atoms with Crippen molar-refractivity contribution in [2.24, 2.45) is 0 Å². The van der Waals surface area contributed by atoms with Crippen molar-refractivity contribution in [3.63, 3.8) is 0 Å². The number of methoxy groups -OCH3 is 1. The predicted octanol–water partition coefficient (Wildman–Crippen LogP) is 4.73. The molecule has 0 fully saturated rings. The molecule has 0 aliphatic rings. The van der Waals surface area contributed by atoms with Gasteiger partial charge in [-0.15, -0.1) is 0 Å². The number of hydrogen-bond acceptors (Lipinski definition) is 3. The number of aromatic nitrogens is 2. The number of aryl methyl sites for hydroxylation is 1. The average Bonchev–Trinajstić information content (AvgIpc) is 2.94. The molecular formula is C20H19Cl2N3O2. The van der Waals surface area contributed by atoms with Crippen LogP contribution in [0.2, 0.25) is 10.0 Å². The van der Waals surface area contributed by atoms with Gasteiger partial charge in [0.05, 0.1) is 28.5 Å². The Labute approximate surface area is 167 Å². The van der Waals surface area contributed by atoms with E-state index < -0.39 is 0 Å². The van der Waals surface area contributed by atoms with Crippen LogP contribution in [-0.2, 0) is 6.54 Å². The first-order chi connectivity index (χ1) is 12.9. The van der Waals surface area contributed by atoms with Crippen LogP contribution in [0, 0.1) is 13.8 Å². The summed E-state index contributed by atoms with van der Waals surface area (Å²) in [5.41, 5.74) is 4.16. The molecule has 1 heterocycles. The number of amides is 1. The average molecular weight is 404 g/mol. The lowest BCUT2D eigenvalue weighted by atomic mass is 10.1. The van der Waals surface area contributed by atoms with E-state index in [4.69, 9.17) is 27.9 Å². The molecule has 1 amide bonds. The molecule has 140 valence electrons. The van der Waals surface area contributed by atoms with E-state index in [0.29, 0.717) is 27.9 Å². The first-order valence-electron chi connectivity index (χ1n) is 8.34. The number of carbonyl (C=O) groups excluding carboxylic acids is 1. The highest BCUT2D eigenvalue weighted by Gasteiger charge is 2.16. The number of halogens is 2. The molecule has 0 atom stereocenters. The second kappa shape index (κ2) is 8.03. The van der Waals surface area contributed by atoms with E-state index in [1.165, 1.54) is 19.2 Å². The lowest BCUT2D eigenvalue weighted by molar-refractivity contribution is 0.0951. The van der Waals surface area contributed by atoms with E-state index in [0.717, 1.165) is 22.6 Å². The highest BCUT2D eigenvalue weighted by Crippen LogP contribution is 2.33. The van der Waals surface area contributed by atoms with Gasteiger partial charge in [0.25, 0.3) is 5.91 Å². The summed E-state index contributed by atoms with van der Waals surface area (Å²) in [7, 11) is 1.47. The van der Waals surface area contributed by atoms with Gasteiger partial charge in [0.1, 0.15) is 0 Å². The Bertz CT molecular complexity index is 961. The molecular weight excluding hydrogens is 385 g/mol. The highest BCUT2D eigenvalue weighted by molar-refractivity contribution is 6.37. The van der Waals surface area contributed by atoms with Crippen LogP contribution >= 0.6 is 23.2 Å². The monoisotopic (exact) mass is 403 g/mol. The van der Waals surface area contributed by atoms with Crippen LogP contribution in [0.1, 0.15) is 27.3 Å². The fourth-order valence-electron chi connectivity index (χ4n) is 2.91. The molecule has 7 heteroatoms. The first kappa shape index (κ1) is 19.3. The number of rotatable bonds is 5. The molecule has 27 heavy (non-hydrogen) atoms. The molecule has 0 bridgehead atoms. The van der Waals surface area contributed by atoms with Gasteiger partial charge < -0.3 is 10.1 Å². The lowest BCUT2D eigenvalue weighted by Crippen LogP contribution is -2.23. The highest BCUT2D eigenvalue weighted by atomic mass is 35.5. The summed E-state index contributed by atoms with van der Waals surface area (Å²) in [5, 5.41) is 8.07. The van der Waals surface area contributed by atoms with E-state index in [-0.39, 0.29) is 5.91 Å². The third-order valence-electron chi connectivity index (χ3n) is 4.33. The Balaban J connectivity index is 1.79. The maximum atomic E-state index is 12.5. The molecule has 0 spiro atoms. The van der Waals surface area contributed by atoms with Crippen LogP contribution in [0.3, 0.4) is 0 Å². The molecule has 2 aromatic carbocycles. The minimum atomic E-state index is -0.271. The number of carbonyl (C=O) groups is 1. The number of ether oxygens (including phenoxy) is 1. The zero-order valence-electron chi connectivity index (χ0n) is 15.2.